The quantitative estimate of drug-likeness (QED) is 0.934. The van der Waals surface area contributed by atoms with Crippen LogP contribution in [0.4, 0.5) is 0 Å². The van der Waals surface area contributed by atoms with Crippen LogP contribution in [0.25, 0.3) is 0 Å². The third-order valence-electron chi connectivity index (χ3n) is 4.00. The zero-order valence-electron chi connectivity index (χ0n) is 11.8. The van der Waals surface area contributed by atoms with E-state index in [4.69, 9.17) is 0 Å². The van der Waals surface area contributed by atoms with E-state index >= 15 is 0 Å². The van der Waals surface area contributed by atoms with E-state index in [1.54, 1.807) is 6.33 Å². The van der Waals surface area contributed by atoms with Crippen molar-refractivity contribution in [1.82, 2.24) is 20.1 Å². The first-order valence-corrected chi connectivity index (χ1v) is 7.76. The largest absolute Gasteiger partial charge is 0.315 e. The molecule has 2 heterocycles. The van der Waals surface area contributed by atoms with Gasteiger partial charge in [-0.3, -0.25) is 0 Å². The molecule has 1 saturated heterocycles. The molecule has 3 rings (SSSR count). The highest BCUT2D eigenvalue weighted by Gasteiger charge is 2.41. The number of nitrogens with one attached hydrogen (secondary N) is 1. The minimum absolute atomic E-state index is 0.125. The standard InChI is InChI=1S/C15H19BrN4/c1-11(2)20-14(18-10-19-20)7-15(8-17-9-15)12-5-3-4-6-13(12)16/h3-6,10-11,17H,7-9H2,1-2H3. The highest BCUT2D eigenvalue weighted by atomic mass is 79.9. The zero-order valence-corrected chi connectivity index (χ0v) is 13.4. The van der Waals surface area contributed by atoms with Crippen LogP contribution in [0.3, 0.4) is 0 Å². The van der Waals surface area contributed by atoms with Crippen LogP contribution in [0.5, 0.6) is 0 Å². The van der Waals surface area contributed by atoms with E-state index in [1.807, 2.05) is 4.68 Å². The lowest BCUT2D eigenvalue weighted by Crippen LogP contribution is -2.58. The summed E-state index contributed by atoms with van der Waals surface area (Å²) >= 11 is 3.69. The average molecular weight is 335 g/mol. The molecule has 0 radical (unpaired) electrons. The molecule has 4 nitrogen and oxygen atoms in total. The first kappa shape index (κ1) is 13.8. The Morgan fingerprint density at radius 2 is 2.10 bits per heavy atom. The van der Waals surface area contributed by atoms with Gasteiger partial charge in [-0.1, -0.05) is 34.1 Å². The fourth-order valence-electron chi connectivity index (χ4n) is 2.86. The van der Waals surface area contributed by atoms with Gasteiger partial charge in [-0.15, -0.1) is 0 Å². The van der Waals surface area contributed by atoms with Crippen molar-refractivity contribution in [3.63, 3.8) is 0 Å². The van der Waals surface area contributed by atoms with Gasteiger partial charge in [-0.25, -0.2) is 9.67 Å². The van der Waals surface area contributed by atoms with Gasteiger partial charge in [0.15, 0.2) is 0 Å². The summed E-state index contributed by atoms with van der Waals surface area (Å²) in [6.45, 7) is 6.26. The number of halogens is 1. The van der Waals surface area contributed by atoms with Gasteiger partial charge in [0.25, 0.3) is 0 Å². The Bertz CT molecular complexity index is 601. The topological polar surface area (TPSA) is 42.7 Å². The lowest BCUT2D eigenvalue weighted by molar-refractivity contribution is 0.263. The molecular formula is C15H19BrN4. The van der Waals surface area contributed by atoms with E-state index in [1.165, 1.54) is 10.0 Å². The number of benzene rings is 1. The van der Waals surface area contributed by atoms with Crippen LogP contribution in [-0.4, -0.2) is 27.9 Å². The second-order valence-corrected chi connectivity index (χ2v) is 6.61. The van der Waals surface area contributed by atoms with Crippen molar-refractivity contribution in [2.45, 2.75) is 31.7 Å². The zero-order chi connectivity index (χ0) is 14.2. The average Bonchev–Trinajstić information content (AvgIpc) is 2.83. The predicted octanol–water partition coefficient (Wildman–Crippen LogP) is 2.71. The van der Waals surface area contributed by atoms with Crippen LogP contribution >= 0.6 is 15.9 Å². The molecule has 1 aromatic carbocycles. The van der Waals surface area contributed by atoms with Crippen LogP contribution in [0.15, 0.2) is 35.1 Å². The summed E-state index contributed by atoms with van der Waals surface area (Å²) in [6.07, 6.45) is 2.58. The maximum absolute atomic E-state index is 4.47. The highest BCUT2D eigenvalue weighted by Crippen LogP contribution is 2.36. The van der Waals surface area contributed by atoms with Gasteiger partial charge in [0.1, 0.15) is 12.2 Å². The van der Waals surface area contributed by atoms with Crippen LogP contribution in [0, 0.1) is 0 Å². The van der Waals surface area contributed by atoms with E-state index < -0.39 is 0 Å². The van der Waals surface area contributed by atoms with Gasteiger partial charge < -0.3 is 5.32 Å². The fraction of sp³-hybridized carbons (Fsp3) is 0.467. The first-order valence-electron chi connectivity index (χ1n) is 6.96. The molecule has 5 heteroatoms. The van der Waals surface area contributed by atoms with E-state index in [-0.39, 0.29) is 5.41 Å². The minimum Gasteiger partial charge on any atom is -0.315 e. The van der Waals surface area contributed by atoms with Crippen LogP contribution in [0.2, 0.25) is 0 Å². The highest BCUT2D eigenvalue weighted by molar-refractivity contribution is 9.10. The van der Waals surface area contributed by atoms with Crippen molar-refractivity contribution in [3.8, 4) is 0 Å². The molecule has 1 aliphatic heterocycles. The Morgan fingerprint density at radius 3 is 2.70 bits per heavy atom. The summed E-state index contributed by atoms with van der Waals surface area (Å²) in [7, 11) is 0. The summed E-state index contributed by atoms with van der Waals surface area (Å²) in [5, 5.41) is 7.76. The van der Waals surface area contributed by atoms with Crippen molar-refractivity contribution in [3.05, 3.63) is 46.5 Å². The van der Waals surface area contributed by atoms with E-state index in [0.29, 0.717) is 6.04 Å². The second-order valence-electron chi connectivity index (χ2n) is 5.76. The third kappa shape index (κ3) is 2.29. The Morgan fingerprint density at radius 1 is 1.35 bits per heavy atom. The van der Waals surface area contributed by atoms with Gasteiger partial charge in [-0.2, -0.15) is 5.10 Å². The maximum atomic E-state index is 4.47. The van der Waals surface area contributed by atoms with Crippen molar-refractivity contribution in [1.29, 1.82) is 0 Å². The molecule has 2 aromatic rings. The van der Waals surface area contributed by atoms with Gasteiger partial charge in [-0.05, 0) is 25.5 Å². The number of hydrogen-bond acceptors (Lipinski definition) is 3. The van der Waals surface area contributed by atoms with Gasteiger partial charge in [0.05, 0.1) is 0 Å². The molecule has 106 valence electrons. The lowest BCUT2D eigenvalue weighted by Gasteiger charge is -2.43. The van der Waals surface area contributed by atoms with E-state index in [2.05, 4.69) is 69.4 Å². The number of hydrogen-bond donors (Lipinski definition) is 1. The smallest absolute Gasteiger partial charge is 0.138 e. The van der Waals surface area contributed by atoms with E-state index in [9.17, 15) is 0 Å². The SMILES string of the molecule is CC(C)n1ncnc1CC1(c2ccccc2Br)CNC1. The van der Waals surface area contributed by atoms with E-state index in [0.717, 1.165) is 25.3 Å². The summed E-state index contributed by atoms with van der Waals surface area (Å²) in [5.41, 5.74) is 1.48. The van der Waals surface area contributed by atoms with Crippen LogP contribution in [0.1, 0.15) is 31.3 Å². The van der Waals surface area contributed by atoms with Crippen LogP contribution < -0.4 is 5.32 Å². The normalized spacial score (nSPS) is 17.2. The lowest BCUT2D eigenvalue weighted by atomic mass is 9.72. The van der Waals surface area contributed by atoms with Crippen molar-refractivity contribution < 1.29 is 0 Å². The minimum atomic E-state index is 0.125. The molecule has 1 N–H and O–H groups in total. The molecule has 0 aliphatic carbocycles. The number of aromatic nitrogens is 3. The number of rotatable bonds is 4. The fourth-order valence-corrected chi connectivity index (χ4v) is 3.57. The monoisotopic (exact) mass is 334 g/mol. The second kappa shape index (κ2) is 5.30. The molecular weight excluding hydrogens is 316 g/mol. The Kier molecular flexibility index (Phi) is 3.65. The van der Waals surface area contributed by atoms with Gasteiger partial charge in [0, 0.05) is 35.4 Å². The molecule has 1 fully saturated rings. The van der Waals surface area contributed by atoms with Crippen LogP contribution in [-0.2, 0) is 11.8 Å². The molecule has 1 aliphatic rings. The number of nitrogens with zero attached hydrogens (tertiary/aromatic N) is 3. The molecule has 1 aromatic heterocycles. The van der Waals surface area contributed by atoms with Crippen molar-refractivity contribution in [2.75, 3.05) is 13.1 Å². The Hall–Kier alpha value is -1.20. The molecule has 0 spiro atoms. The van der Waals surface area contributed by atoms with Crippen molar-refractivity contribution >= 4 is 15.9 Å². The van der Waals surface area contributed by atoms with Gasteiger partial charge >= 0.3 is 0 Å². The first-order chi connectivity index (χ1) is 9.62. The summed E-state index contributed by atoms with van der Waals surface area (Å²) in [4.78, 5) is 4.47. The third-order valence-corrected chi connectivity index (χ3v) is 4.70. The predicted molar refractivity (Wildman–Crippen MR) is 82.8 cm³/mol. The van der Waals surface area contributed by atoms with Crippen molar-refractivity contribution in [2.24, 2.45) is 0 Å². The maximum Gasteiger partial charge on any atom is 0.138 e. The molecule has 0 bridgehead atoms. The molecule has 0 atom stereocenters. The Labute approximate surface area is 127 Å². The molecule has 0 amide bonds. The van der Waals surface area contributed by atoms with Gasteiger partial charge in [0.2, 0.25) is 0 Å². The summed E-state index contributed by atoms with van der Waals surface area (Å²) in [5.74, 6) is 1.07. The summed E-state index contributed by atoms with van der Waals surface area (Å²) < 4.78 is 3.20. The molecule has 0 saturated carbocycles. The Balaban J connectivity index is 1.94. The molecule has 20 heavy (non-hydrogen) atoms. The molecule has 0 unspecified atom stereocenters. The summed E-state index contributed by atoms with van der Waals surface area (Å²) in [6, 6.07) is 8.83.